The highest BCUT2D eigenvalue weighted by molar-refractivity contribution is 8.00. The third kappa shape index (κ3) is 6.37. The number of ether oxygens (including phenoxy) is 1. The Hall–Kier alpha value is -1.94. The molecule has 0 aromatic heterocycles. The lowest BCUT2D eigenvalue weighted by molar-refractivity contribution is -0.118. The summed E-state index contributed by atoms with van der Waals surface area (Å²) < 4.78 is 5.12. The molecular formula is C19H23NO2S. The fraction of sp³-hybridized carbons (Fsp3) is 0.316. The Bertz CT molecular complexity index is 626. The van der Waals surface area contributed by atoms with E-state index in [2.05, 4.69) is 36.5 Å². The number of amides is 1. The molecule has 122 valence electrons. The van der Waals surface area contributed by atoms with Crippen LogP contribution in [0.1, 0.15) is 17.5 Å². The van der Waals surface area contributed by atoms with E-state index >= 15 is 0 Å². The molecule has 0 unspecified atom stereocenters. The van der Waals surface area contributed by atoms with Crippen molar-refractivity contribution in [3.63, 3.8) is 0 Å². The highest BCUT2D eigenvalue weighted by atomic mass is 32.2. The number of rotatable bonds is 8. The zero-order chi connectivity index (χ0) is 16.5. The molecule has 0 atom stereocenters. The van der Waals surface area contributed by atoms with Gasteiger partial charge in [0.05, 0.1) is 12.9 Å². The second kappa shape index (κ2) is 9.26. The van der Waals surface area contributed by atoms with Crippen LogP contribution in [0.4, 0.5) is 0 Å². The molecule has 2 rings (SSSR count). The normalized spacial score (nSPS) is 10.3. The number of methoxy groups -OCH3 is 1. The van der Waals surface area contributed by atoms with E-state index in [0.29, 0.717) is 5.75 Å². The minimum absolute atomic E-state index is 0.0788. The third-order valence-electron chi connectivity index (χ3n) is 3.48. The van der Waals surface area contributed by atoms with Crippen molar-refractivity contribution in [3.8, 4) is 5.75 Å². The Morgan fingerprint density at radius 1 is 1.17 bits per heavy atom. The molecule has 0 saturated heterocycles. The number of carbonyl (C=O) groups is 1. The first-order valence-corrected chi connectivity index (χ1v) is 8.75. The van der Waals surface area contributed by atoms with Crippen LogP contribution in [0.15, 0.2) is 53.4 Å². The predicted molar refractivity (Wildman–Crippen MR) is 96.2 cm³/mol. The largest absolute Gasteiger partial charge is 0.497 e. The summed E-state index contributed by atoms with van der Waals surface area (Å²) in [5.74, 6) is 1.35. The monoisotopic (exact) mass is 329 g/mol. The van der Waals surface area contributed by atoms with Gasteiger partial charge in [-0.1, -0.05) is 29.8 Å². The van der Waals surface area contributed by atoms with Crippen molar-refractivity contribution in [2.24, 2.45) is 0 Å². The summed E-state index contributed by atoms with van der Waals surface area (Å²) in [7, 11) is 1.65. The van der Waals surface area contributed by atoms with Gasteiger partial charge in [0.25, 0.3) is 0 Å². The zero-order valence-corrected chi connectivity index (χ0v) is 14.5. The number of hydrogen-bond acceptors (Lipinski definition) is 3. The van der Waals surface area contributed by atoms with Crippen molar-refractivity contribution in [1.82, 2.24) is 5.32 Å². The highest BCUT2D eigenvalue weighted by Gasteiger charge is 2.03. The van der Waals surface area contributed by atoms with Crippen LogP contribution in [0.2, 0.25) is 0 Å². The summed E-state index contributed by atoms with van der Waals surface area (Å²) >= 11 is 1.54. The molecule has 2 aromatic rings. The minimum Gasteiger partial charge on any atom is -0.497 e. The van der Waals surface area contributed by atoms with Crippen LogP contribution in [0, 0.1) is 6.92 Å². The van der Waals surface area contributed by atoms with E-state index in [0.717, 1.165) is 30.0 Å². The molecule has 0 aliphatic heterocycles. The first-order valence-electron chi connectivity index (χ1n) is 7.76. The van der Waals surface area contributed by atoms with Crippen molar-refractivity contribution in [1.29, 1.82) is 0 Å². The first-order chi connectivity index (χ1) is 11.2. The molecular weight excluding hydrogens is 306 g/mol. The number of nitrogens with one attached hydrogen (secondary N) is 1. The van der Waals surface area contributed by atoms with Crippen molar-refractivity contribution >= 4 is 17.7 Å². The first kappa shape index (κ1) is 17.4. The lowest BCUT2D eigenvalue weighted by Crippen LogP contribution is -2.26. The Morgan fingerprint density at radius 2 is 1.96 bits per heavy atom. The number of carbonyl (C=O) groups excluding carboxylic acids is 1. The van der Waals surface area contributed by atoms with Crippen LogP contribution in [-0.4, -0.2) is 25.3 Å². The van der Waals surface area contributed by atoms with Gasteiger partial charge in [-0.2, -0.15) is 0 Å². The van der Waals surface area contributed by atoms with Crippen LogP contribution in [-0.2, 0) is 11.2 Å². The van der Waals surface area contributed by atoms with Gasteiger partial charge in [-0.25, -0.2) is 0 Å². The summed E-state index contributed by atoms with van der Waals surface area (Å²) in [6, 6.07) is 16.2. The predicted octanol–water partition coefficient (Wildman–Crippen LogP) is 3.84. The molecule has 1 amide bonds. The molecule has 0 fully saturated rings. The van der Waals surface area contributed by atoms with E-state index in [1.165, 1.54) is 22.9 Å². The molecule has 3 nitrogen and oxygen atoms in total. The second-order valence-corrected chi connectivity index (χ2v) is 6.46. The molecule has 0 saturated carbocycles. The molecule has 0 radical (unpaired) electrons. The van der Waals surface area contributed by atoms with Gasteiger partial charge in [-0.3, -0.25) is 4.79 Å². The lowest BCUT2D eigenvalue weighted by Gasteiger charge is -2.06. The van der Waals surface area contributed by atoms with Crippen molar-refractivity contribution in [2.75, 3.05) is 19.4 Å². The van der Waals surface area contributed by atoms with Crippen LogP contribution in [0.3, 0.4) is 0 Å². The van der Waals surface area contributed by atoms with Crippen LogP contribution in [0.5, 0.6) is 5.75 Å². The minimum atomic E-state index is 0.0788. The molecule has 0 spiro atoms. The van der Waals surface area contributed by atoms with Crippen molar-refractivity contribution in [2.45, 2.75) is 24.7 Å². The summed E-state index contributed by atoms with van der Waals surface area (Å²) in [5, 5.41) is 2.98. The average molecular weight is 329 g/mol. The van der Waals surface area contributed by atoms with Crippen LogP contribution in [0.25, 0.3) is 0 Å². The van der Waals surface area contributed by atoms with Gasteiger partial charge in [0.2, 0.25) is 5.91 Å². The van der Waals surface area contributed by atoms with Crippen LogP contribution < -0.4 is 10.1 Å². The summed E-state index contributed by atoms with van der Waals surface area (Å²) in [4.78, 5) is 12.9. The maximum absolute atomic E-state index is 11.8. The van der Waals surface area contributed by atoms with E-state index in [9.17, 15) is 4.79 Å². The van der Waals surface area contributed by atoms with Gasteiger partial charge in [-0.05, 0) is 49.6 Å². The quantitative estimate of drug-likeness (QED) is 0.590. The molecule has 0 bridgehead atoms. The number of hydrogen-bond donors (Lipinski definition) is 1. The number of aryl methyl sites for hydroxylation is 2. The summed E-state index contributed by atoms with van der Waals surface area (Å²) in [6.07, 6.45) is 1.95. The molecule has 1 N–H and O–H groups in total. The van der Waals surface area contributed by atoms with E-state index < -0.39 is 0 Å². The maximum atomic E-state index is 11.8. The molecule has 0 heterocycles. The van der Waals surface area contributed by atoms with Gasteiger partial charge >= 0.3 is 0 Å². The second-order valence-electron chi connectivity index (χ2n) is 5.41. The van der Waals surface area contributed by atoms with E-state index in [1.54, 1.807) is 7.11 Å². The SMILES string of the molecule is COc1ccc(SCC(=O)NCCCc2cccc(C)c2)cc1. The van der Waals surface area contributed by atoms with Gasteiger partial charge in [0, 0.05) is 11.4 Å². The topological polar surface area (TPSA) is 38.3 Å². The molecule has 23 heavy (non-hydrogen) atoms. The Kier molecular flexibility index (Phi) is 7.01. The fourth-order valence-electron chi connectivity index (χ4n) is 2.26. The number of thioether (sulfide) groups is 1. The molecule has 0 aliphatic carbocycles. The van der Waals surface area contributed by atoms with E-state index in [-0.39, 0.29) is 5.91 Å². The number of benzene rings is 2. The zero-order valence-electron chi connectivity index (χ0n) is 13.7. The smallest absolute Gasteiger partial charge is 0.230 e. The maximum Gasteiger partial charge on any atom is 0.230 e. The van der Waals surface area contributed by atoms with Gasteiger partial charge in [-0.15, -0.1) is 11.8 Å². The van der Waals surface area contributed by atoms with E-state index in [1.807, 2.05) is 24.3 Å². The van der Waals surface area contributed by atoms with E-state index in [4.69, 9.17) is 4.74 Å². The third-order valence-corrected chi connectivity index (χ3v) is 4.49. The fourth-order valence-corrected chi connectivity index (χ4v) is 2.99. The molecule has 0 aliphatic rings. The summed E-state index contributed by atoms with van der Waals surface area (Å²) in [5.41, 5.74) is 2.61. The Labute approximate surface area is 142 Å². The Balaban J connectivity index is 1.63. The molecule has 2 aromatic carbocycles. The van der Waals surface area contributed by atoms with Crippen molar-refractivity contribution < 1.29 is 9.53 Å². The van der Waals surface area contributed by atoms with Gasteiger partial charge in [0.15, 0.2) is 0 Å². The van der Waals surface area contributed by atoms with Crippen molar-refractivity contribution in [3.05, 3.63) is 59.7 Å². The Morgan fingerprint density at radius 3 is 2.65 bits per heavy atom. The standard InChI is InChI=1S/C19H23NO2S/c1-15-5-3-6-16(13-15)7-4-12-20-19(21)14-23-18-10-8-17(22-2)9-11-18/h3,5-6,8-11,13H,4,7,12,14H2,1-2H3,(H,20,21). The highest BCUT2D eigenvalue weighted by Crippen LogP contribution is 2.20. The van der Waals surface area contributed by atoms with Gasteiger partial charge in [0.1, 0.15) is 5.75 Å². The van der Waals surface area contributed by atoms with Gasteiger partial charge < -0.3 is 10.1 Å². The summed E-state index contributed by atoms with van der Waals surface area (Å²) in [6.45, 7) is 2.82. The molecule has 4 heteroatoms. The van der Waals surface area contributed by atoms with Crippen LogP contribution >= 0.6 is 11.8 Å². The average Bonchev–Trinajstić information content (AvgIpc) is 2.57. The lowest BCUT2D eigenvalue weighted by atomic mass is 10.1.